The standard InChI is InChI=1S/C8H9BrFNO3/c1-14-7-3-2-6(5-9)4-8(7,10)11(12)13/h2-3H,4-5H2,1H3. The van der Waals surface area contributed by atoms with Crippen LogP contribution in [0.1, 0.15) is 6.42 Å². The Balaban J connectivity index is 3.04. The number of ether oxygens (including phenoxy) is 1. The highest BCUT2D eigenvalue weighted by Crippen LogP contribution is 2.34. The van der Waals surface area contributed by atoms with Crippen LogP contribution in [0.15, 0.2) is 23.5 Å². The molecule has 0 heterocycles. The van der Waals surface area contributed by atoms with E-state index in [0.717, 1.165) is 0 Å². The topological polar surface area (TPSA) is 52.4 Å². The summed E-state index contributed by atoms with van der Waals surface area (Å²) >= 11 is 3.13. The van der Waals surface area contributed by atoms with E-state index in [1.807, 2.05) is 0 Å². The van der Waals surface area contributed by atoms with Gasteiger partial charge in [0.25, 0.3) is 0 Å². The van der Waals surface area contributed by atoms with Crippen molar-refractivity contribution in [2.24, 2.45) is 0 Å². The molecule has 0 saturated carbocycles. The van der Waals surface area contributed by atoms with Crippen molar-refractivity contribution in [2.75, 3.05) is 12.4 Å². The van der Waals surface area contributed by atoms with Gasteiger partial charge in [0.15, 0.2) is 0 Å². The normalized spacial score (nSPS) is 26.5. The van der Waals surface area contributed by atoms with E-state index in [9.17, 15) is 14.5 Å². The molecule has 6 heteroatoms. The van der Waals surface area contributed by atoms with Crippen LogP contribution in [0.25, 0.3) is 0 Å². The average molecular weight is 266 g/mol. The Morgan fingerprint density at radius 1 is 1.79 bits per heavy atom. The molecule has 0 fully saturated rings. The van der Waals surface area contributed by atoms with Gasteiger partial charge >= 0.3 is 5.79 Å². The Kier molecular flexibility index (Phi) is 3.25. The first-order valence-corrected chi connectivity index (χ1v) is 5.00. The van der Waals surface area contributed by atoms with Crippen LogP contribution in [0.2, 0.25) is 0 Å². The fraction of sp³-hybridized carbons (Fsp3) is 0.500. The van der Waals surface area contributed by atoms with Crippen molar-refractivity contribution in [3.05, 3.63) is 33.6 Å². The molecule has 0 N–H and O–H groups in total. The molecule has 0 spiro atoms. The van der Waals surface area contributed by atoms with Crippen LogP contribution in [-0.4, -0.2) is 23.2 Å². The van der Waals surface area contributed by atoms with E-state index in [2.05, 4.69) is 20.7 Å². The Hall–Kier alpha value is -0.910. The largest absolute Gasteiger partial charge is 0.491 e. The lowest BCUT2D eigenvalue weighted by Gasteiger charge is -2.22. The molecule has 0 radical (unpaired) electrons. The minimum atomic E-state index is -2.62. The van der Waals surface area contributed by atoms with Gasteiger partial charge in [-0.3, -0.25) is 10.1 Å². The third kappa shape index (κ3) is 1.79. The lowest BCUT2D eigenvalue weighted by molar-refractivity contribution is -0.597. The highest BCUT2D eigenvalue weighted by Gasteiger charge is 2.50. The van der Waals surface area contributed by atoms with Crippen LogP contribution in [0.3, 0.4) is 0 Å². The van der Waals surface area contributed by atoms with Gasteiger partial charge in [-0.2, -0.15) is 4.39 Å². The predicted octanol–water partition coefficient (Wildman–Crippen LogP) is 2.18. The lowest BCUT2D eigenvalue weighted by Crippen LogP contribution is -2.38. The summed E-state index contributed by atoms with van der Waals surface area (Å²) in [4.78, 5) is 9.61. The van der Waals surface area contributed by atoms with Crippen LogP contribution >= 0.6 is 15.9 Å². The zero-order valence-corrected chi connectivity index (χ0v) is 9.08. The molecule has 0 aromatic rings. The molecule has 0 amide bonds. The Labute approximate surface area is 88.7 Å². The monoisotopic (exact) mass is 265 g/mol. The summed E-state index contributed by atoms with van der Waals surface area (Å²) in [6, 6.07) is 0. The van der Waals surface area contributed by atoms with Crippen molar-refractivity contribution >= 4 is 15.9 Å². The second-order valence-electron chi connectivity index (χ2n) is 2.89. The molecule has 1 aliphatic rings. The molecule has 78 valence electrons. The molecule has 0 aromatic heterocycles. The molecule has 0 saturated heterocycles. The number of nitro groups is 1. The van der Waals surface area contributed by atoms with Crippen LogP contribution in [0, 0.1) is 10.1 Å². The molecule has 14 heavy (non-hydrogen) atoms. The van der Waals surface area contributed by atoms with Crippen molar-refractivity contribution in [3.8, 4) is 0 Å². The van der Waals surface area contributed by atoms with Crippen molar-refractivity contribution in [1.82, 2.24) is 0 Å². The smallest absolute Gasteiger partial charge is 0.419 e. The molecule has 4 nitrogen and oxygen atoms in total. The van der Waals surface area contributed by atoms with E-state index in [4.69, 9.17) is 0 Å². The number of allylic oxidation sites excluding steroid dienone is 2. The van der Waals surface area contributed by atoms with Gasteiger partial charge in [-0.1, -0.05) is 22.0 Å². The van der Waals surface area contributed by atoms with Gasteiger partial charge in [0.1, 0.15) is 0 Å². The summed E-state index contributed by atoms with van der Waals surface area (Å²) in [5.74, 6) is -2.88. The second kappa shape index (κ2) is 4.08. The van der Waals surface area contributed by atoms with Crippen molar-refractivity contribution in [2.45, 2.75) is 12.2 Å². The van der Waals surface area contributed by atoms with Crippen molar-refractivity contribution in [3.63, 3.8) is 0 Å². The minimum Gasteiger partial charge on any atom is -0.491 e. The first-order valence-electron chi connectivity index (χ1n) is 3.88. The van der Waals surface area contributed by atoms with E-state index in [1.165, 1.54) is 13.2 Å². The number of alkyl halides is 2. The number of rotatable bonds is 3. The molecule has 1 atom stereocenters. The average Bonchev–Trinajstić information content (AvgIpc) is 2.17. The van der Waals surface area contributed by atoms with E-state index >= 15 is 0 Å². The summed E-state index contributed by atoms with van der Waals surface area (Å²) in [5, 5.41) is 11.0. The molecule has 1 unspecified atom stereocenters. The van der Waals surface area contributed by atoms with Crippen LogP contribution in [0.5, 0.6) is 0 Å². The van der Waals surface area contributed by atoms with Gasteiger partial charge in [0.05, 0.1) is 18.5 Å². The zero-order valence-electron chi connectivity index (χ0n) is 7.50. The fourth-order valence-corrected chi connectivity index (χ4v) is 1.62. The molecule has 0 bridgehead atoms. The number of nitrogens with zero attached hydrogens (tertiary/aromatic N) is 1. The molecule has 1 rings (SSSR count). The number of hydrogen-bond acceptors (Lipinski definition) is 3. The van der Waals surface area contributed by atoms with Gasteiger partial charge in [-0.05, 0) is 11.6 Å². The predicted molar refractivity (Wildman–Crippen MR) is 52.4 cm³/mol. The molecule has 0 aromatic carbocycles. The van der Waals surface area contributed by atoms with Gasteiger partial charge in [0.2, 0.25) is 5.76 Å². The fourth-order valence-electron chi connectivity index (χ4n) is 1.24. The summed E-state index contributed by atoms with van der Waals surface area (Å²) in [5.41, 5.74) is 0.630. The third-order valence-electron chi connectivity index (χ3n) is 1.99. The maximum absolute atomic E-state index is 13.8. The second-order valence-corrected chi connectivity index (χ2v) is 3.45. The maximum Gasteiger partial charge on any atom is 0.419 e. The van der Waals surface area contributed by atoms with E-state index < -0.39 is 10.7 Å². The Morgan fingerprint density at radius 3 is 2.86 bits per heavy atom. The van der Waals surface area contributed by atoms with Gasteiger partial charge < -0.3 is 4.74 Å². The van der Waals surface area contributed by atoms with Crippen LogP contribution in [-0.2, 0) is 4.74 Å². The SMILES string of the molecule is COC1=CC=C(CBr)CC1(F)[N+](=O)[O-]. The summed E-state index contributed by atoms with van der Waals surface area (Å²) in [6.45, 7) is 0. The van der Waals surface area contributed by atoms with Gasteiger partial charge in [-0.25, -0.2) is 0 Å². The first kappa shape index (κ1) is 11.2. The van der Waals surface area contributed by atoms with Crippen molar-refractivity contribution < 1.29 is 14.1 Å². The summed E-state index contributed by atoms with van der Waals surface area (Å²) < 4.78 is 18.5. The molecular weight excluding hydrogens is 257 g/mol. The molecule has 1 aliphatic carbocycles. The minimum absolute atomic E-state index is 0.257. The molecule has 0 aliphatic heterocycles. The highest BCUT2D eigenvalue weighted by atomic mass is 79.9. The third-order valence-corrected chi connectivity index (χ3v) is 2.71. The zero-order chi connectivity index (χ0) is 10.8. The number of halogens is 2. The van der Waals surface area contributed by atoms with E-state index in [1.54, 1.807) is 6.08 Å². The van der Waals surface area contributed by atoms with Gasteiger partial charge in [0, 0.05) is 5.33 Å². The summed E-state index contributed by atoms with van der Waals surface area (Å²) in [6.07, 6.45) is 2.64. The van der Waals surface area contributed by atoms with Crippen molar-refractivity contribution in [1.29, 1.82) is 0 Å². The van der Waals surface area contributed by atoms with Gasteiger partial charge in [-0.15, -0.1) is 0 Å². The number of methoxy groups -OCH3 is 1. The van der Waals surface area contributed by atoms with Crippen LogP contribution < -0.4 is 0 Å². The first-order chi connectivity index (χ1) is 6.54. The van der Waals surface area contributed by atoms with E-state index in [-0.39, 0.29) is 12.2 Å². The quantitative estimate of drug-likeness (QED) is 0.340. The number of hydrogen-bond donors (Lipinski definition) is 0. The summed E-state index contributed by atoms with van der Waals surface area (Å²) in [7, 11) is 1.22. The van der Waals surface area contributed by atoms with Crippen LogP contribution in [0.4, 0.5) is 4.39 Å². The maximum atomic E-state index is 13.8. The Morgan fingerprint density at radius 2 is 2.43 bits per heavy atom. The lowest BCUT2D eigenvalue weighted by atomic mass is 9.98. The van der Waals surface area contributed by atoms with E-state index in [0.29, 0.717) is 10.9 Å². The highest BCUT2D eigenvalue weighted by molar-refractivity contribution is 9.09. The molecular formula is C8H9BrFNO3. The Bertz CT molecular complexity index is 316.